The number of nitrogens with zero attached hydrogens (tertiary/aromatic N) is 2. The van der Waals surface area contributed by atoms with Crippen LogP contribution in [0.5, 0.6) is 0 Å². The maximum atomic E-state index is 14.1. The van der Waals surface area contributed by atoms with E-state index in [1.807, 2.05) is 6.07 Å². The fourth-order valence-electron chi connectivity index (χ4n) is 2.45. The zero-order chi connectivity index (χ0) is 15.5. The van der Waals surface area contributed by atoms with E-state index in [4.69, 9.17) is 0 Å². The molecular weight excluding hydrogens is 270 g/mol. The molecule has 1 aromatic carbocycles. The molecular formula is C17H24F2N2. The van der Waals surface area contributed by atoms with Gasteiger partial charge in [0.2, 0.25) is 0 Å². The van der Waals surface area contributed by atoms with E-state index in [0.29, 0.717) is 25.2 Å². The summed E-state index contributed by atoms with van der Waals surface area (Å²) in [5, 5.41) is 0. The molecule has 116 valence electrons. The number of halogens is 2. The van der Waals surface area contributed by atoms with E-state index in [2.05, 4.69) is 25.8 Å². The van der Waals surface area contributed by atoms with Gasteiger partial charge in [0, 0.05) is 31.4 Å². The summed E-state index contributed by atoms with van der Waals surface area (Å²) in [7, 11) is 0. The molecule has 0 aromatic heterocycles. The first-order valence-corrected chi connectivity index (χ1v) is 7.54. The Bertz CT molecular complexity index is 506. The first-order valence-electron chi connectivity index (χ1n) is 7.54. The van der Waals surface area contributed by atoms with Crippen LogP contribution >= 0.6 is 0 Å². The monoisotopic (exact) mass is 294 g/mol. The lowest BCUT2D eigenvalue weighted by Crippen LogP contribution is -2.22. The fraction of sp³-hybridized carbons (Fsp3) is 0.588. The van der Waals surface area contributed by atoms with Gasteiger partial charge in [0.15, 0.2) is 0 Å². The Balaban J connectivity index is 2.12. The summed E-state index contributed by atoms with van der Waals surface area (Å²) in [6.45, 7) is 8.05. The van der Waals surface area contributed by atoms with Crippen molar-refractivity contribution in [3.8, 4) is 0 Å². The molecule has 0 aliphatic carbocycles. The third-order valence-corrected chi connectivity index (χ3v) is 3.69. The summed E-state index contributed by atoms with van der Waals surface area (Å²) >= 11 is 0. The molecule has 0 saturated carbocycles. The normalized spacial score (nSPS) is 19.7. The first kappa shape index (κ1) is 15.9. The Labute approximate surface area is 125 Å². The predicted molar refractivity (Wildman–Crippen MR) is 84.7 cm³/mol. The van der Waals surface area contributed by atoms with Gasteiger partial charge in [-0.1, -0.05) is 32.9 Å². The van der Waals surface area contributed by atoms with E-state index in [1.54, 1.807) is 17.2 Å². The molecule has 1 heterocycles. The molecule has 1 atom stereocenters. The minimum Gasteiger partial charge on any atom is -0.366 e. The van der Waals surface area contributed by atoms with Gasteiger partial charge < -0.3 is 4.90 Å². The van der Waals surface area contributed by atoms with Crippen molar-refractivity contribution in [2.24, 2.45) is 10.4 Å². The van der Waals surface area contributed by atoms with Gasteiger partial charge in [0.1, 0.15) is 12.0 Å². The van der Waals surface area contributed by atoms with Crippen LogP contribution in [0.25, 0.3) is 0 Å². The second-order valence-electron chi connectivity index (χ2n) is 6.86. The third-order valence-electron chi connectivity index (χ3n) is 3.69. The highest BCUT2D eigenvalue weighted by Crippen LogP contribution is 2.28. The van der Waals surface area contributed by atoms with Gasteiger partial charge >= 0.3 is 0 Å². The van der Waals surface area contributed by atoms with Crippen LogP contribution in [0.15, 0.2) is 23.2 Å². The third kappa shape index (κ3) is 4.51. The average molecular weight is 294 g/mol. The van der Waals surface area contributed by atoms with Gasteiger partial charge in [-0.15, -0.1) is 0 Å². The van der Waals surface area contributed by atoms with Crippen LogP contribution < -0.4 is 4.90 Å². The zero-order valence-electron chi connectivity index (χ0n) is 13.1. The van der Waals surface area contributed by atoms with Crippen molar-refractivity contribution in [2.45, 2.75) is 39.8 Å². The lowest BCUT2D eigenvalue weighted by atomic mass is 9.92. The van der Waals surface area contributed by atoms with Crippen LogP contribution in [0, 0.1) is 11.2 Å². The van der Waals surface area contributed by atoms with Gasteiger partial charge in [-0.3, -0.25) is 4.99 Å². The molecule has 1 saturated heterocycles. The average Bonchev–Trinajstić information content (AvgIpc) is 2.80. The minimum atomic E-state index is -0.865. The molecule has 2 rings (SSSR count). The van der Waals surface area contributed by atoms with E-state index >= 15 is 0 Å². The number of alkyl halides is 1. The van der Waals surface area contributed by atoms with Crippen LogP contribution in [-0.4, -0.2) is 32.0 Å². The number of anilines is 1. The zero-order valence-corrected chi connectivity index (χ0v) is 13.1. The predicted octanol–water partition coefficient (Wildman–Crippen LogP) is 4.23. The maximum Gasteiger partial charge on any atom is 0.147 e. The van der Waals surface area contributed by atoms with Crippen LogP contribution in [0.3, 0.4) is 0 Å². The summed E-state index contributed by atoms with van der Waals surface area (Å²) in [5.74, 6) is -0.302. The van der Waals surface area contributed by atoms with Gasteiger partial charge in [0.05, 0.1) is 5.69 Å². The molecule has 0 spiro atoms. The van der Waals surface area contributed by atoms with E-state index in [9.17, 15) is 8.78 Å². The number of hydrogen-bond donors (Lipinski definition) is 0. The summed E-state index contributed by atoms with van der Waals surface area (Å²) in [4.78, 5) is 6.19. The van der Waals surface area contributed by atoms with E-state index in [0.717, 1.165) is 12.0 Å². The van der Waals surface area contributed by atoms with Gasteiger partial charge in [-0.05, 0) is 24.3 Å². The molecule has 1 fully saturated rings. The molecule has 0 radical (unpaired) electrons. The number of rotatable bonds is 4. The van der Waals surface area contributed by atoms with E-state index in [-0.39, 0.29) is 17.8 Å². The van der Waals surface area contributed by atoms with Crippen LogP contribution in [0.4, 0.5) is 14.5 Å². The highest BCUT2D eigenvalue weighted by molar-refractivity contribution is 5.88. The topological polar surface area (TPSA) is 15.6 Å². The molecule has 1 aliphatic rings. The van der Waals surface area contributed by atoms with Gasteiger partial charge in [-0.25, -0.2) is 8.78 Å². The van der Waals surface area contributed by atoms with Gasteiger partial charge in [-0.2, -0.15) is 0 Å². The Hall–Kier alpha value is -1.45. The van der Waals surface area contributed by atoms with E-state index < -0.39 is 6.17 Å². The van der Waals surface area contributed by atoms with Crippen LogP contribution in [-0.2, 0) is 0 Å². The Morgan fingerprint density at radius 1 is 1.38 bits per heavy atom. The molecule has 4 heteroatoms. The van der Waals surface area contributed by atoms with Crippen molar-refractivity contribution < 1.29 is 8.78 Å². The summed E-state index contributed by atoms with van der Waals surface area (Å²) < 4.78 is 27.5. The molecule has 0 N–H and O–H groups in total. The molecule has 1 aliphatic heterocycles. The summed E-state index contributed by atoms with van der Waals surface area (Å²) in [5.41, 5.74) is 1.45. The molecule has 21 heavy (non-hydrogen) atoms. The molecule has 2 nitrogen and oxygen atoms in total. The lowest BCUT2D eigenvalue weighted by Gasteiger charge is -2.20. The van der Waals surface area contributed by atoms with Crippen molar-refractivity contribution in [1.82, 2.24) is 0 Å². The second-order valence-corrected chi connectivity index (χ2v) is 6.86. The quantitative estimate of drug-likeness (QED) is 0.759. The standard InChI is InChI=1S/C17H24F2N2/c1-17(2,3)8-9-20-11-13-5-4-6-15(19)16(13)21-10-7-14(18)12-21/h4-6,11,14H,7-10,12H2,1-3H3/b20-11+/t14-/m1/s1. The first-order chi connectivity index (χ1) is 9.87. The Kier molecular flexibility index (Phi) is 4.96. The van der Waals surface area contributed by atoms with Crippen LogP contribution in [0.1, 0.15) is 39.2 Å². The largest absolute Gasteiger partial charge is 0.366 e. The molecule has 0 amide bonds. The maximum absolute atomic E-state index is 14.1. The Morgan fingerprint density at radius 2 is 2.14 bits per heavy atom. The molecule has 0 bridgehead atoms. The van der Waals surface area contributed by atoms with Crippen molar-refractivity contribution in [3.63, 3.8) is 0 Å². The molecule has 0 unspecified atom stereocenters. The fourth-order valence-corrected chi connectivity index (χ4v) is 2.45. The summed E-state index contributed by atoms with van der Waals surface area (Å²) in [6.07, 6.45) is 2.30. The smallest absolute Gasteiger partial charge is 0.147 e. The van der Waals surface area contributed by atoms with Crippen molar-refractivity contribution in [2.75, 3.05) is 24.5 Å². The second kappa shape index (κ2) is 6.54. The molecule has 1 aromatic rings. The summed E-state index contributed by atoms with van der Waals surface area (Å²) in [6, 6.07) is 4.94. The SMILES string of the molecule is CC(C)(C)CC/N=C/c1cccc(F)c1N1CC[C@@H](F)C1. The van der Waals surface area contributed by atoms with Crippen molar-refractivity contribution >= 4 is 11.9 Å². The number of benzene rings is 1. The highest BCUT2D eigenvalue weighted by atomic mass is 19.1. The Morgan fingerprint density at radius 3 is 2.76 bits per heavy atom. The van der Waals surface area contributed by atoms with Crippen LogP contribution in [0.2, 0.25) is 0 Å². The van der Waals surface area contributed by atoms with Crippen molar-refractivity contribution in [1.29, 1.82) is 0 Å². The van der Waals surface area contributed by atoms with E-state index in [1.165, 1.54) is 6.07 Å². The number of para-hydroxylation sites is 1. The van der Waals surface area contributed by atoms with Crippen molar-refractivity contribution in [3.05, 3.63) is 29.6 Å². The highest BCUT2D eigenvalue weighted by Gasteiger charge is 2.25. The van der Waals surface area contributed by atoms with Gasteiger partial charge in [0.25, 0.3) is 0 Å². The number of hydrogen-bond acceptors (Lipinski definition) is 2. The lowest BCUT2D eigenvalue weighted by molar-refractivity contribution is 0.364. The number of aliphatic imine (C=N–C) groups is 1. The minimum absolute atomic E-state index is 0.235.